The summed E-state index contributed by atoms with van der Waals surface area (Å²) in [5, 5.41) is 15.7. The van der Waals surface area contributed by atoms with Crippen molar-refractivity contribution in [2.24, 2.45) is 5.73 Å². The number of methoxy groups -OCH3 is 1. The zero-order valence-corrected chi connectivity index (χ0v) is 20.6. The molecule has 0 unspecified atom stereocenters. The second-order valence-corrected chi connectivity index (χ2v) is 8.17. The summed E-state index contributed by atoms with van der Waals surface area (Å²) < 4.78 is 16.7. The van der Waals surface area contributed by atoms with Crippen LogP contribution in [0.4, 0.5) is 16.2 Å². The summed E-state index contributed by atoms with van der Waals surface area (Å²) in [6, 6.07) is 20.5. The van der Waals surface area contributed by atoms with Crippen molar-refractivity contribution in [3.8, 4) is 23.3 Å². The van der Waals surface area contributed by atoms with Crippen molar-refractivity contribution in [3.05, 3.63) is 84.1 Å². The van der Waals surface area contributed by atoms with E-state index in [0.29, 0.717) is 58.3 Å². The molecular formula is C28H25N5O5. The molecule has 3 aromatic carbocycles. The maximum absolute atomic E-state index is 12.4. The summed E-state index contributed by atoms with van der Waals surface area (Å²) in [5.41, 5.74) is 8.07. The zero-order chi connectivity index (χ0) is 26.9. The number of primary amides is 1. The number of urea groups is 1. The average molecular weight is 512 g/mol. The Morgan fingerprint density at radius 3 is 2.26 bits per heavy atom. The summed E-state index contributed by atoms with van der Waals surface area (Å²) in [7, 11) is 1.58. The van der Waals surface area contributed by atoms with E-state index in [9.17, 15) is 14.9 Å². The van der Waals surface area contributed by atoms with Crippen LogP contribution in [0.25, 0.3) is 10.9 Å². The minimum absolute atomic E-state index is 0.139. The number of amides is 3. The number of carbonyl (C=O) groups excluding carboxylic acids is 2. The molecule has 0 aliphatic carbocycles. The summed E-state index contributed by atoms with van der Waals surface area (Å²) in [6.45, 7) is 0.714. The second kappa shape index (κ2) is 12.2. The Kier molecular flexibility index (Phi) is 8.33. The lowest BCUT2D eigenvalue weighted by Crippen LogP contribution is -2.19. The molecule has 1 aromatic heterocycles. The van der Waals surface area contributed by atoms with Crippen LogP contribution in [0.5, 0.6) is 17.2 Å². The van der Waals surface area contributed by atoms with Crippen LogP contribution in [0.1, 0.15) is 11.1 Å². The third-order valence-corrected chi connectivity index (χ3v) is 5.40. The van der Waals surface area contributed by atoms with E-state index in [1.54, 1.807) is 80.0 Å². The van der Waals surface area contributed by atoms with E-state index in [4.69, 9.17) is 19.9 Å². The maximum atomic E-state index is 12.4. The molecule has 0 fully saturated rings. The largest absolute Gasteiger partial charge is 0.490 e. The Labute approximate surface area is 218 Å². The smallest absolute Gasteiger partial charge is 0.323 e. The molecule has 0 radical (unpaired) electrons. The van der Waals surface area contributed by atoms with Crippen LogP contribution in [0, 0.1) is 11.3 Å². The molecule has 0 spiro atoms. The highest BCUT2D eigenvalue weighted by Gasteiger charge is 2.12. The third-order valence-electron chi connectivity index (χ3n) is 5.40. The molecule has 0 saturated heterocycles. The van der Waals surface area contributed by atoms with Crippen molar-refractivity contribution in [2.45, 2.75) is 6.42 Å². The Morgan fingerprint density at radius 2 is 1.63 bits per heavy atom. The van der Waals surface area contributed by atoms with E-state index in [1.165, 1.54) is 0 Å². The van der Waals surface area contributed by atoms with Crippen LogP contribution in [-0.4, -0.2) is 37.2 Å². The Morgan fingerprint density at radius 1 is 0.947 bits per heavy atom. The fourth-order valence-electron chi connectivity index (χ4n) is 3.61. The predicted molar refractivity (Wildman–Crippen MR) is 142 cm³/mol. The molecule has 0 saturated carbocycles. The number of anilines is 2. The van der Waals surface area contributed by atoms with E-state index >= 15 is 0 Å². The normalized spacial score (nSPS) is 10.4. The summed E-state index contributed by atoms with van der Waals surface area (Å²) in [5.74, 6) is 1.06. The summed E-state index contributed by atoms with van der Waals surface area (Å²) in [6.07, 6.45) is 1.75. The Hall–Kier alpha value is -5.14. The van der Waals surface area contributed by atoms with Gasteiger partial charge in [-0.15, -0.1) is 0 Å². The molecule has 10 nitrogen and oxygen atoms in total. The van der Waals surface area contributed by atoms with Gasteiger partial charge in [-0.05, 0) is 54.1 Å². The SMILES string of the molecule is COCCOc1cc2nccc(Oc3ccc(NC(=O)Nc4ccc(CC(N)=O)cc4)cc3)c2cc1C#N. The molecule has 192 valence electrons. The van der Waals surface area contributed by atoms with Gasteiger partial charge in [0, 0.05) is 36.1 Å². The average Bonchev–Trinajstić information content (AvgIpc) is 2.90. The topological polar surface area (TPSA) is 149 Å². The number of fused-ring (bicyclic) bond motifs is 1. The van der Waals surface area contributed by atoms with Gasteiger partial charge in [0.05, 0.1) is 24.1 Å². The van der Waals surface area contributed by atoms with E-state index in [2.05, 4.69) is 21.7 Å². The van der Waals surface area contributed by atoms with Gasteiger partial charge in [-0.25, -0.2) is 4.79 Å². The fraction of sp³-hybridized carbons (Fsp3) is 0.143. The monoisotopic (exact) mass is 511 g/mol. The van der Waals surface area contributed by atoms with Crippen molar-refractivity contribution in [1.29, 1.82) is 5.26 Å². The zero-order valence-electron chi connectivity index (χ0n) is 20.6. The number of rotatable bonds is 10. The highest BCUT2D eigenvalue weighted by atomic mass is 16.5. The van der Waals surface area contributed by atoms with Crippen LogP contribution in [0.2, 0.25) is 0 Å². The molecule has 0 aliphatic heterocycles. The lowest BCUT2D eigenvalue weighted by Gasteiger charge is -2.12. The van der Waals surface area contributed by atoms with Gasteiger partial charge in [0.1, 0.15) is 29.9 Å². The lowest BCUT2D eigenvalue weighted by atomic mass is 10.1. The van der Waals surface area contributed by atoms with Crippen molar-refractivity contribution in [3.63, 3.8) is 0 Å². The van der Waals surface area contributed by atoms with E-state index < -0.39 is 11.9 Å². The van der Waals surface area contributed by atoms with Crippen LogP contribution in [0.15, 0.2) is 72.9 Å². The number of nitrogens with zero attached hydrogens (tertiary/aromatic N) is 2. The molecule has 0 aliphatic rings. The maximum Gasteiger partial charge on any atom is 0.323 e. The first-order valence-electron chi connectivity index (χ1n) is 11.6. The number of nitriles is 1. The van der Waals surface area contributed by atoms with Crippen LogP contribution in [0.3, 0.4) is 0 Å². The highest BCUT2D eigenvalue weighted by molar-refractivity contribution is 5.99. The van der Waals surface area contributed by atoms with Gasteiger partial charge in [0.15, 0.2) is 0 Å². The van der Waals surface area contributed by atoms with E-state index in [-0.39, 0.29) is 6.42 Å². The quantitative estimate of drug-likeness (QED) is 0.264. The standard InChI is InChI=1S/C28H25N5O5/c1-36-12-13-37-26-16-24-23(15-19(26)17-29)25(10-11-31-24)38-22-8-6-21(7-9-22)33-28(35)32-20-4-2-18(3-5-20)14-27(30)34/h2-11,15-16H,12-14H2,1H3,(H2,30,34)(H2,32,33,35). The minimum atomic E-state index is -0.422. The van der Waals surface area contributed by atoms with E-state index in [0.717, 1.165) is 5.56 Å². The van der Waals surface area contributed by atoms with Gasteiger partial charge in [0.25, 0.3) is 0 Å². The molecule has 4 N–H and O–H groups in total. The minimum Gasteiger partial charge on any atom is -0.490 e. The highest BCUT2D eigenvalue weighted by Crippen LogP contribution is 2.33. The molecule has 4 rings (SSSR count). The molecule has 4 aromatic rings. The second-order valence-electron chi connectivity index (χ2n) is 8.17. The van der Waals surface area contributed by atoms with Gasteiger partial charge in [-0.3, -0.25) is 9.78 Å². The fourth-order valence-corrected chi connectivity index (χ4v) is 3.61. The predicted octanol–water partition coefficient (Wildman–Crippen LogP) is 4.60. The first kappa shape index (κ1) is 25.9. The van der Waals surface area contributed by atoms with Gasteiger partial charge >= 0.3 is 6.03 Å². The van der Waals surface area contributed by atoms with Gasteiger partial charge in [-0.2, -0.15) is 5.26 Å². The third kappa shape index (κ3) is 6.75. The van der Waals surface area contributed by atoms with Gasteiger partial charge in [0.2, 0.25) is 5.91 Å². The molecule has 38 heavy (non-hydrogen) atoms. The molecule has 0 bridgehead atoms. The molecule has 10 heteroatoms. The van der Waals surface area contributed by atoms with Gasteiger partial charge < -0.3 is 30.6 Å². The lowest BCUT2D eigenvalue weighted by molar-refractivity contribution is -0.117. The number of carbonyl (C=O) groups is 2. The number of nitrogens with two attached hydrogens (primary N) is 1. The van der Waals surface area contributed by atoms with Crippen molar-refractivity contribution in [2.75, 3.05) is 31.0 Å². The van der Waals surface area contributed by atoms with Crippen LogP contribution >= 0.6 is 0 Å². The first-order valence-corrected chi connectivity index (χ1v) is 11.6. The number of nitrogens with one attached hydrogen (secondary N) is 2. The van der Waals surface area contributed by atoms with E-state index in [1.807, 2.05) is 0 Å². The number of aromatic nitrogens is 1. The number of benzene rings is 3. The number of ether oxygens (including phenoxy) is 3. The number of pyridine rings is 1. The molecular weight excluding hydrogens is 486 g/mol. The van der Waals surface area contributed by atoms with Gasteiger partial charge in [-0.1, -0.05) is 12.1 Å². The summed E-state index contributed by atoms with van der Waals surface area (Å²) in [4.78, 5) is 27.7. The number of hydrogen-bond donors (Lipinski definition) is 3. The molecule has 0 atom stereocenters. The van der Waals surface area contributed by atoms with Crippen LogP contribution in [-0.2, 0) is 16.0 Å². The van der Waals surface area contributed by atoms with Crippen molar-refractivity contribution >= 4 is 34.2 Å². The Balaban J connectivity index is 1.41. The molecule has 3 amide bonds. The summed E-state index contributed by atoms with van der Waals surface area (Å²) >= 11 is 0. The van der Waals surface area contributed by atoms with Crippen molar-refractivity contribution in [1.82, 2.24) is 4.98 Å². The van der Waals surface area contributed by atoms with Crippen LogP contribution < -0.4 is 25.8 Å². The van der Waals surface area contributed by atoms with Crippen molar-refractivity contribution < 1.29 is 23.8 Å². The first-order chi connectivity index (χ1) is 18.4. The Bertz CT molecular complexity index is 1480. The number of hydrogen-bond acceptors (Lipinski definition) is 7. The molecule has 1 heterocycles.